The zero-order valence-electron chi connectivity index (χ0n) is 67.6. The van der Waals surface area contributed by atoms with E-state index >= 15 is 0 Å². The van der Waals surface area contributed by atoms with Crippen molar-refractivity contribution >= 4 is 0 Å². The van der Waals surface area contributed by atoms with Crippen molar-refractivity contribution < 1.29 is 0 Å². The fourth-order valence-corrected chi connectivity index (χ4v) is 115. The van der Waals surface area contributed by atoms with Crippen LogP contribution in [0.3, 0.4) is 0 Å². The highest BCUT2D eigenvalue weighted by molar-refractivity contribution is 6.90. The molecule has 0 N–H and O–H groups in total. The summed E-state index contributed by atoms with van der Waals surface area (Å²) in [4.78, 5) is 0. The summed E-state index contributed by atoms with van der Waals surface area (Å²) in [5, 5.41) is 0. The van der Waals surface area contributed by atoms with Crippen molar-refractivity contribution in [1.82, 2.24) is 0 Å². The van der Waals surface area contributed by atoms with Crippen molar-refractivity contribution in [2.24, 2.45) is 310 Å². The molecule has 0 aliphatic heterocycles. The van der Waals surface area contributed by atoms with Crippen LogP contribution in [0, 0.1) is 446 Å². The van der Waals surface area contributed by atoms with Gasteiger partial charge in [-0.1, -0.05) is 180 Å². The molecule has 0 aromatic heterocycles. The van der Waals surface area contributed by atoms with Gasteiger partial charge in [-0.05, 0) is 446 Å². The lowest BCUT2D eigenvalue weighted by Gasteiger charge is -3.81. The maximum Gasteiger partial charge on any atom is -0.000000241 e. The first kappa shape index (κ1) is 42.6. The maximum atomic E-state index is 3.56. The molecule has 520 valence electrons. The van der Waals surface area contributed by atoms with Crippen molar-refractivity contribution in [2.75, 3.05) is 0 Å². The second kappa shape index (κ2) is 5.93. The second-order valence-corrected chi connectivity index (χ2v) is 68.1. The van der Waals surface area contributed by atoms with Crippen molar-refractivity contribution in [3.05, 3.63) is 135 Å². The molecule has 0 nitrogen and oxygen atoms in total. The average molecular weight is 1380 g/mol. The first-order valence-electron chi connectivity index (χ1n) is 50.4. The van der Waals surface area contributed by atoms with Crippen LogP contribution in [0.5, 0.6) is 0 Å². The number of fused-ring (bicyclic) bond motifs is 22. The highest BCUT2D eigenvalue weighted by Crippen LogP contribution is 3.93. The second-order valence-electron chi connectivity index (χ2n) is 68.1. The number of hydrogen-bond donors (Lipinski definition) is 0. The molecule has 62 fully saturated rings. The zero-order chi connectivity index (χ0) is 67.6. The molecule has 62 aliphatic carbocycles. The van der Waals surface area contributed by atoms with Crippen LogP contribution >= 0.6 is 0 Å². The monoisotopic (exact) mass is 1380 g/mol. The first-order chi connectivity index (χ1) is 50.4. The highest BCUT2D eigenvalue weighted by atomic mass is 15.9. The molecule has 0 saturated heterocycles. The molecule has 0 radical (unpaired) electrons. The molecule has 47 spiro atoms. The maximum absolute atomic E-state index is 3.56. The largest absolute Gasteiger partial charge is 0.0620 e. The lowest BCUT2D eigenvalue weighted by atomic mass is 8.20. The van der Waals surface area contributed by atoms with Crippen molar-refractivity contribution in [2.45, 2.75) is 180 Å². The Morgan fingerprint density at radius 1 is 0.159 bits per heavy atom. The van der Waals surface area contributed by atoms with Gasteiger partial charge < -0.3 is 0 Å². The topological polar surface area (TPSA) is 0 Å². The van der Waals surface area contributed by atoms with Crippen LogP contribution in [-0.2, 0) is 0 Å². The molecule has 62 saturated carbocycles. The van der Waals surface area contributed by atoms with E-state index in [0.717, 1.165) is 279 Å². The summed E-state index contributed by atoms with van der Waals surface area (Å²) >= 11 is 0. The van der Waals surface area contributed by atoms with Gasteiger partial charge in [0.2, 0.25) is 0 Å². The Morgan fingerprint density at radius 3 is 1.03 bits per heavy atom. The molecule has 62 aliphatic rings. The molecule has 79 atom stereocenters. The van der Waals surface area contributed by atoms with Crippen LogP contribution in [0.1, 0.15) is 180 Å². The minimum atomic E-state index is 0.393. The van der Waals surface area contributed by atoms with E-state index in [4.69, 9.17) is 0 Å². The molecule has 107 heavy (non-hydrogen) atoms. The zero-order valence-corrected chi connectivity index (χ0v) is 67.6. The molecule has 62 rings (SSSR count). The molecule has 0 bridgehead atoms. The third-order valence-electron chi connectivity index (χ3n) is 92.4. The minimum absolute atomic E-state index is 0.393. The SMILES string of the molecule is CC1C(C)[C@@]2(C)[C@@]3(C)[C@]4(C)C56C78[C@]4(C)[C@@]4(C)C(C)(C)[C@]9(C)[C@]%10(C)[C@@H]%11[C@]%12(C)[C@]%13(C)[C@@]%14(C)C%15%16C%17%18[C@@]%19%20C(C)(C%21(C)C(C)(C)[C@]%14(C)[C@]%21%15%19)C%14(C)C%15(C)C%19(C)C%21(C)C%22(C)C(C)[C@@H]%23[C@@H]%24[C@@H]%25[C@@H]%26[C@@H]%27[C@@H]%28[C@@H]([C@@H]%29[C@H]%30[C@]%31%32[C@]%29%28[C@]%27%28[C@]%26%27[C@]%25%26[C@]%24%25[C@@]%23%22[C@@]%21%22[C@@]%19%21[C@@]%15%19[C@]%14%20[C@]%17%14[C@@]%15%17[C@@]%18%20[C@]%16%13[C@]%12%13[C@]%11%12[C@]%10([C@@]7%10C57C5%11[C@@]63[C@@]%302[C@@]5%31[C@@]23[C@]%115[C@@]76[C@]%15([C@]57[C@@]%175[C@@]%19%14[C@]%21%11[C@]%25%22[C@@]%26%14[C@]%27([C@]%28%322)[C@@]37[C@@]%14%115)[C@]%20%13[C@]%10%126)[C@@]894)[C@@H]1C. The predicted molar refractivity (Wildman–Crippen MR) is 380 cm³/mol. The van der Waals surface area contributed by atoms with E-state index in [9.17, 15) is 0 Å². The van der Waals surface area contributed by atoms with E-state index in [-0.39, 0.29) is 0 Å². The van der Waals surface area contributed by atoms with E-state index in [0.29, 0.717) is 119 Å². The Morgan fingerprint density at radius 2 is 0.458 bits per heavy atom. The molecule has 0 heterocycles. The van der Waals surface area contributed by atoms with Crippen LogP contribution in [0.4, 0.5) is 0 Å². The lowest BCUT2D eigenvalue weighted by molar-refractivity contribution is -1.13. The molecular weight excluding hydrogens is 1290 g/mol. The Hall–Kier alpha value is 0. The molecule has 0 aromatic carbocycles. The van der Waals surface area contributed by atoms with Crippen molar-refractivity contribution in [3.63, 3.8) is 0 Å². The Kier molecular flexibility index (Phi) is 2.36. The minimum Gasteiger partial charge on any atom is -0.0620 e. The van der Waals surface area contributed by atoms with Gasteiger partial charge in [0, 0.05) is 0 Å². The first-order valence-corrected chi connectivity index (χ1v) is 50.4. The van der Waals surface area contributed by atoms with Crippen LogP contribution in [0.15, 0.2) is 0 Å². The third-order valence-corrected chi connectivity index (χ3v) is 92.4. The van der Waals surface area contributed by atoms with Gasteiger partial charge >= 0.3 is 0 Å². The summed E-state index contributed by atoms with van der Waals surface area (Å²) < 4.78 is 0. The Labute approximate surface area is 621 Å². The van der Waals surface area contributed by atoms with E-state index < -0.39 is 0 Å². The normalized spacial score (nSPS) is 133. The summed E-state index contributed by atoms with van der Waals surface area (Å²) in [7, 11) is 0. The summed E-state index contributed by atoms with van der Waals surface area (Å²) in [5.41, 5.74) is 50.2. The van der Waals surface area contributed by atoms with Crippen molar-refractivity contribution in [3.8, 4) is 0 Å². The predicted octanol–water partition coefficient (Wildman–Crippen LogP) is 17.1. The van der Waals surface area contributed by atoms with Crippen LogP contribution in [0.25, 0.3) is 0 Å². The Bertz CT molecular complexity index is 7800. The van der Waals surface area contributed by atoms with Crippen LogP contribution in [-0.4, -0.2) is 0 Å². The van der Waals surface area contributed by atoms with Crippen LogP contribution in [0.2, 0.25) is 0 Å². The Balaban J connectivity index is 0.652. The van der Waals surface area contributed by atoms with E-state index in [1.165, 1.54) is 47.3 Å². The average Bonchev–Trinajstić information content (AvgIpc) is 0.395. The summed E-state index contributed by atoms with van der Waals surface area (Å²) in [5.74, 6) is 16.2. The lowest BCUT2D eigenvalue weighted by Crippen LogP contribution is -3.76. The van der Waals surface area contributed by atoms with E-state index in [1.54, 1.807) is 0 Å². The van der Waals surface area contributed by atoms with Gasteiger partial charge in [-0.25, -0.2) is 0 Å². The van der Waals surface area contributed by atoms with Gasteiger partial charge in [-0.15, -0.1) is 0 Å². The standard InChI is InChI=1S/C107H92/c1-27-28(2)31-33-36-38-37-35-32-30(4)44(10)52(18)58(24)60(26)59(25)56(22)50(16)42(7,8)49(15)54(20)53(19)46(12)40-45(11)47(13)41(5,6)48(14)55(21)57(23)51(17)43(9,29(27)3)67-39-34(31)61(33)63(36)65(38)66(37)64(35)62(32,44)74(52)80(58)83(60)82(59)79(56)73(49,50)77(54)76(53)71(46)69(40)70(45)72(47,48)78(55)81(57)75(51,67)92-85(67)68(39,61)84(63)87(65)88(66)86(64,74)94(80)98(83)97(82)93(77,79)95(76)91(71)89(69)90(70,78)96(81,92)102(89)103(91)105(95,97)106(98)101(88,94)100(87)99(84,85)104(92,102)107(100,103)106/h27-40H,1-26H3/t27?,28-,29?,30?,31+,32-,33+,34-,35-,36+,37-,38+,39-,40-,43+,44?,45+,46-,47-,48-,49+,50?,51+,52?,53-,54+,55-,56?,57+,58?,59?,60?,61+,62-,63+,64-,65+,66-,67-,68-,69-,70+,71-,72-,73+,74-,75+,76-,77?,78?,79+,80-,81?,82+,83-,84+,85+,86-,87+,88-,89-,90-,91-,92?,93?,94-,95-,96?,97+,98-,99+,100+,101-,102-,103-,104+,105+,106-,107+/m1/s1. The summed E-state index contributed by atoms with van der Waals surface area (Å²) in [6.07, 6.45) is 0. The third kappa shape index (κ3) is 0.829. The molecule has 0 heteroatoms. The van der Waals surface area contributed by atoms with Gasteiger partial charge in [0.1, 0.15) is 0 Å². The van der Waals surface area contributed by atoms with Gasteiger partial charge in [0.15, 0.2) is 0 Å². The van der Waals surface area contributed by atoms with Crippen LogP contribution < -0.4 is 0 Å². The fraction of sp³-hybridized carbons (Fsp3) is 1.00. The highest BCUT2D eigenvalue weighted by Gasteiger charge is 3.88. The number of rotatable bonds is 0. The quantitative estimate of drug-likeness (QED) is 0.227. The molecular formula is C107H92. The fourth-order valence-electron chi connectivity index (χ4n) is 115. The van der Waals surface area contributed by atoms with Gasteiger partial charge in [0.05, 0.1) is 0 Å². The van der Waals surface area contributed by atoms with E-state index in [2.05, 4.69) is 180 Å². The smallest absolute Gasteiger partial charge is 0.000000241 e. The van der Waals surface area contributed by atoms with E-state index in [1.807, 2.05) is 0 Å². The molecule has 16 unspecified atom stereocenters. The summed E-state index contributed by atoms with van der Waals surface area (Å²) in [6, 6.07) is 0. The molecule has 0 amide bonds. The number of hydrogen-bond acceptors (Lipinski definition) is 0. The van der Waals surface area contributed by atoms with Gasteiger partial charge in [0.25, 0.3) is 0 Å². The van der Waals surface area contributed by atoms with Gasteiger partial charge in [-0.2, -0.15) is 0 Å². The van der Waals surface area contributed by atoms with Crippen molar-refractivity contribution in [1.29, 1.82) is 0 Å². The molecule has 0 aromatic rings. The summed E-state index contributed by atoms with van der Waals surface area (Å²) in [6.45, 7) is 88.0. The van der Waals surface area contributed by atoms with Gasteiger partial charge in [-0.3, -0.25) is 0 Å².